The van der Waals surface area contributed by atoms with E-state index in [4.69, 9.17) is 0 Å². The van der Waals surface area contributed by atoms with Gasteiger partial charge in [-0.3, -0.25) is 10.1 Å². The fourth-order valence-electron chi connectivity index (χ4n) is 1.58. The van der Waals surface area contributed by atoms with Gasteiger partial charge in [0.1, 0.15) is 0 Å². The molecule has 1 aliphatic rings. The second-order valence-corrected chi connectivity index (χ2v) is 6.40. The highest BCUT2D eigenvalue weighted by atomic mass is 79.9. The number of alkyl halides is 1. The number of amides is 2. The molecule has 6 nitrogen and oxygen atoms in total. The molecule has 7 heteroatoms. The Balaban J connectivity index is 1.99. The SMILES string of the molecule is Cc1ccc([N+](=O)[O-])cc1NC(=O)NCC1(Br)CC1. The molecule has 102 valence electrons. The summed E-state index contributed by atoms with van der Waals surface area (Å²) in [5.74, 6) is 0. The summed E-state index contributed by atoms with van der Waals surface area (Å²) in [6.07, 6.45) is 2.09. The third-order valence-corrected chi connectivity index (χ3v) is 4.11. The number of aryl methyl sites for hydroxylation is 1. The number of nitro benzene ring substituents is 1. The number of carbonyl (C=O) groups is 1. The third-order valence-electron chi connectivity index (χ3n) is 3.04. The Labute approximate surface area is 118 Å². The minimum atomic E-state index is -0.486. The van der Waals surface area contributed by atoms with Crippen molar-refractivity contribution in [2.24, 2.45) is 0 Å². The number of non-ortho nitro benzene ring substituents is 1. The first-order chi connectivity index (χ1) is 8.89. The van der Waals surface area contributed by atoms with Crippen LogP contribution in [0.5, 0.6) is 0 Å². The molecule has 0 aromatic heterocycles. The van der Waals surface area contributed by atoms with Crippen LogP contribution in [0.15, 0.2) is 18.2 Å². The summed E-state index contributed by atoms with van der Waals surface area (Å²) in [5, 5.41) is 16.1. The number of hydrogen-bond acceptors (Lipinski definition) is 3. The van der Waals surface area contributed by atoms with E-state index in [-0.39, 0.29) is 16.0 Å². The van der Waals surface area contributed by atoms with Crippen LogP contribution in [-0.2, 0) is 0 Å². The summed E-state index contributed by atoms with van der Waals surface area (Å²) in [5.41, 5.74) is 1.19. The lowest BCUT2D eigenvalue weighted by Gasteiger charge is -2.11. The molecule has 1 aliphatic carbocycles. The maximum absolute atomic E-state index is 11.7. The van der Waals surface area contributed by atoms with Gasteiger partial charge in [-0.2, -0.15) is 0 Å². The van der Waals surface area contributed by atoms with E-state index < -0.39 is 4.92 Å². The lowest BCUT2D eigenvalue weighted by Crippen LogP contribution is -2.34. The topological polar surface area (TPSA) is 84.3 Å². The molecule has 0 saturated heterocycles. The number of halogens is 1. The number of hydrogen-bond donors (Lipinski definition) is 2. The molecule has 0 spiro atoms. The molecule has 0 radical (unpaired) electrons. The quantitative estimate of drug-likeness (QED) is 0.506. The van der Waals surface area contributed by atoms with Gasteiger partial charge in [0.15, 0.2) is 0 Å². The van der Waals surface area contributed by atoms with Gasteiger partial charge >= 0.3 is 6.03 Å². The van der Waals surface area contributed by atoms with Crippen LogP contribution in [0.2, 0.25) is 0 Å². The van der Waals surface area contributed by atoms with Crippen LogP contribution in [0.3, 0.4) is 0 Å². The van der Waals surface area contributed by atoms with Gasteiger partial charge in [0.25, 0.3) is 5.69 Å². The number of nitrogens with one attached hydrogen (secondary N) is 2. The number of nitrogens with zero attached hydrogens (tertiary/aromatic N) is 1. The lowest BCUT2D eigenvalue weighted by molar-refractivity contribution is -0.384. The Morgan fingerprint density at radius 2 is 2.21 bits per heavy atom. The Morgan fingerprint density at radius 3 is 2.79 bits per heavy atom. The average Bonchev–Trinajstić information content (AvgIpc) is 3.08. The summed E-state index contributed by atoms with van der Waals surface area (Å²) < 4.78 is 0.0437. The maximum Gasteiger partial charge on any atom is 0.319 e. The minimum absolute atomic E-state index is 0.0416. The maximum atomic E-state index is 11.7. The van der Waals surface area contributed by atoms with Gasteiger partial charge in [-0.25, -0.2) is 4.79 Å². The van der Waals surface area contributed by atoms with Crippen LogP contribution in [0.4, 0.5) is 16.2 Å². The predicted molar refractivity (Wildman–Crippen MR) is 75.7 cm³/mol. The van der Waals surface area contributed by atoms with E-state index in [1.807, 2.05) is 0 Å². The second-order valence-electron chi connectivity index (χ2n) is 4.71. The van der Waals surface area contributed by atoms with E-state index in [9.17, 15) is 14.9 Å². The van der Waals surface area contributed by atoms with Gasteiger partial charge in [0, 0.05) is 23.0 Å². The molecule has 0 heterocycles. The molecule has 2 amide bonds. The Morgan fingerprint density at radius 1 is 1.53 bits per heavy atom. The number of nitro groups is 1. The van der Waals surface area contributed by atoms with E-state index in [0.29, 0.717) is 12.2 Å². The summed E-state index contributed by atoms with van der Waals surface area (Å²) >= 11 is 3.52. The van der Waals surface area contributed by atoms with E-state index in [1.54, 1.807) is 13.0 Å². The fraction of sp³-hybridized carbons (Fsp3) is 0.417. The minimum Gasteiger partial charge on any atom is -0.336 e. The predicted octanol–water partition coefficient (Wildman–Crippen LogP) is 2.95. The van der Waals surface area contributed by atoms with Crippen LogP contribution in [0.25, 0.3) is 0 Å². The molecule has 0 unspecified atom stereocenters. The van der Waals surface area contributed by atoms with Crippen LogP contribution in [0.1, 0.15) is 18.4 Å². The molecule has 1 aromatic rings. The van der Waals surface area contributed by atoms with Crippen molar-refractivity contribution >= 4 is 33.3 Å². The van der Waals surface area contributed by atoms with Gasteiger partial charge in [0.05, 0.1) is 10.6 Å². The molecule has 0 atom stereocenters. The van der Waals surface area contributed by atoms with Crippen molar-refractivity contribution in [1.29, 1.82) is 0 Å². The molecule has 0 aliphatic heterocycles. The molecule has 1 fully saturated rings. The van der Waals surface area contributed by atoms with Gasteiger partial charge in [-0.15, -0.1) is 0 Å². The molecule has 19 heavy (non-hydrogen) atoms. The van der Waals surface area contributed by atoms with Crippen molar-refractivity contribution in [3.8, 4) is 0 Å². The summed E-state index contributed by atoms with van der Waals surface area (Å²) in [7, 11) is 0. The van der Waals surface area contributed by atoms with Crippen molar-refractivity contribution in [2.45, 2.75) is 24.1 Å². The summed E-state index contributed by atoms with van der Waals surface area (Å²) in [6, 6.07) is 4.03. The molecular formula is C12H14BrN3O3. The van der Waals surface area contributed by atoms with Gasteiger partial charge in [0.2, 0.25) is 0 Å². The average molecular weight is 328 g/mol. The smallest absolute Gasteiger partial charge is 0.319 e. The van der Waals surface area contributed by atoms with Gasteiger partial charge in [-0.05, 0) is 25.3 Å². The van der Waals surface area contributed by atoms with E-state index in [2.05, 4.69) is 26.6 Å². The van der Waals surface area contributed by atoms with Crippen molar-refractivity contribution < 1.29 is 9.72 Å². The van der Waals surface area contributed by atoms with E-state index in [1.165, 1.54) is 12.1 Å². The highest BCUT2D eigenvalue weighted by Gasteiger charge is 2.39. The molecular weight excluding hydrogens is 314 g/mol. The third kappa shape index (κ3) is 3.66. The van der Waals surface area contributed by atoms with Crippen molar-refractivity contribution in [2.75, 3.05) is 11.9 Å². The summed E-state index contributed by atoms with van der Waals surface area (Å²) in [6.45, 7) is 2.33. The zero-order valence-electron chi connectivity index (χ0n) is 10.4. The van der Waals surface area contributed by atoms with Crippen LogP contribution < -0.4 is 10.6 Å². The Kier molecular flexibility index (Phi) is 3.75. The first kappa shape index (κ1) is 13.8. The second kappa shape index (κ2) is 5.16. The molecule has 1 saturated carbocycles. The summed E-state index contributed by atoms with van der Waals surface area (Å²) in [4.78, 5) is 21.9. The Bertz CT molecular complexity index is 529. The molecule has 2 N–H and O–H groups in total. The van der Waals surface area contributed by atoms with Crippen LogP contribution in [-0.4, -0.2) is 21.8 Å². The number of carbonyl (C=O) groups excluding carboxylic acids is 1. The Hall–Kier alpha value is -1.63. The molecule has 0 bridgehead atoms. The normalized spacial score (nSPS) is 15.7. The zero-order valence-corrected chi connectivity index (χ0v) is 12.0. The largest absolute Gasteiger partial charge is 0.336 e. The van der Waals surface area contributed by atoms with Crippen molar-refractivity contribution in [3.63, 3.8) is 0 Å². The number of urea groups is 1. The molecule has 2 rings (SSSR count). The van der Waals surface area contributed by atoms with E-state index >= 15 is 0 Å². The van der Waals surface area contributed by atoms with E-state index in [0.717, 1.165) is 18.4 Å². The number of rotatable bonds is 4. The van der Waals surface area contributed by atoms with Crippen LogP contribution in [0, 0.1) is 17.0 Å². The van der Waals surface area contributed by atoms with Crippen molar-refractivity contribution in [3.05, 3.63) is 33.9 Å². The first-order valence-corrected chi connectivity index (χ1v) is 6.68. The fourth-order valence-corrected chi connectivity index (χ4v) is 1.91. The highest BCUT2D eigenvalue weighted by Crippen LogP contribution is 2.43. The zero-order chi connectivity index (χ0) is 14.0. The van der Waals surface area contributed by atoms with Crippen LogP contribution >= 0.6 is 15.9 Å². The highest BCUT2D eigenvalue weighted by molar-refractivity contribution is 9.10. The number of anilines is 1. The lowest BCUT2D eigenvalue weighted by atomic mass is 10.2. The van der Waals surface area contributed by atoms with Gasteiger partial charge < -0.3 is 10.6 Å². The molecule has 1 aromatic carbocycles. The monoisotopic (exact) mass is 327 g/mol. The van der Waals surface area contributed by atoms with Gasteiger partial charge in [-0.1, -0.05) is 22.0 Å². The first-order valence-electron chi connectivity index (χ1n) is 5.88. The number of benzene rings is 1. The van der Waals surface area contributed by atoms with Crippen molar-refractivity contribution in [1.82, 2.24) is 5.32 Å². The standard InChI is InChI=1S/C12H14BrN3O3/c1-8-2-3-9(16(18)19)6-10(8)15-11(17)14-7-12(13)4-5-12/h2-3,6H,4-5,7H2,1H3,(H2,14,15,17).